The Kier molecular flexibility index (Phi) is 5.27. The third-order valence-corrected chi connectivity index (χ3v) is 6.48. The molecule has 2 rings (SSSR count). The van der Waals surface area contributed by atoms with Crippen LogP contribution in [0.4, 0.5) is 0 Å². The molecular formula is C11H17N3O5S2. The number of aromatic nitrogens is 1. The maximum atomic E-state index is 12.6. The number of hydrogen-bond donors (Lipinski definition) is 1. The Balaban J connectivity index is 2.16. The molecule has 0 spiro atoms. The smallest absolute Gasteiger partial charge is 0.358 e. The fourth-order valence-electron chi connectivity index (χ4n) is 2.10. The van der Waals surface area contributed by atoms with Crippen LogP contribution in [0.25, 0.3) is 0 Å². The van der Waals surface area contributed by atoms with Crippen molar-refractivity contribution in [1.29, 1.82) is 0 Å². The zero-order valence-corrected chi connectivity index (χ0v) is 13.2. The van der Waals surface area contributed by atoms with Gasteiger partial charge in [-0.1, -0.05) is 0 Å². The largest absolute Gasteiger partial charge is 0.464 e. The van der Waals surface area contributed by atoms with E-state index >= 15 is 0 Å². The predicted octanol–water partition coefficient (Wildman–Crippen LogP) is -0.772. The Labute approximate surface area is 127 Å². The number of carbonyl (C=O) groups excluding carboxylic acids is 1. The second kappa shape index (κ2) is 6.79. The minimum Gasteiger partial charge on any atom is -0.464 e. The number of methoxy groups -OCH3 is 1. The first-order valence-corrected chi connectivity index (χ1v) is 8.68. The van der Waals surface area contributed by atoms with Gasteiger partial charge in [0.05, 0.1) is 19.2 Å². The molecule has 21 heavy (non-hydrogen) atoms. The number of piperazine rings is 1. The molecule has 0 amide bonds. The Hall–Kier alpha value is -1.07. The number of ether oxygens (including phenoxy) is 1. The lowest BCUT2D eigenvalue weighted by Crippen LogP contribution is -2.49. The molecule has 10 heteroatoms. The van der Waals surface area contributed by atoms with Crippen molar-refractivity contribution in [2.45, 2.75) is 4.21 Å². The van der Waals surface area contributed by atoms with Gasteiger partial charge in [0.15, 0.2) is 9.90 Å². The van der Waals surface area contributed by atoms with Crippen LogP contribution in [0.2, 0.25) is 0 Å². The van der Waals surface area contributed by atoms with Crippen molar-refractivity contribution in [1.82, 2.24) is 14.2 Å². The quantitative estimate of drug-likeness (QED) is 0.705. The molecule has 0 aromatic carbocycles. The Bertz CT molecular complexity index is 593. The summed E-state index contributed by atoms with van der Waals surface area (Å²) in [4.78, 5) is 17.3. The average molecular weight is 335 g/mol. The summed E-state index contributed by atoms with van der Waals surface area (Å²) in [6.45, 7) is 2.32. The van der Waals surface area contributed by atoms with Gasteiger partial charge in [0.25, 0.3) is 10.0 Å². The third kappa shape index (κ3) is 3.40. The Morgan fingerprint density at radius 2 is 2.10 bits per heavy atom. The summed E-state index contributed by atoms with van der Waals surface area (Å²) < 4.78 is 31.0. The minimum atomic E-state index is -3.74. The van der Waals surface area contributed by atoms with Gasteiger partial charge < -0.3 is 9.84 Å². The molecule has 0 saturated carbocycles. The van der Waals surface area contributed by atoms with E-state index in [0.29, 0.717) is 32.7 Å². The number of esters is 1. The number of β-amino-alcohol motifs (C(OH)–C–C–N with tert-alkyl or cyclic N) is 1. The van der Waals surface area contributed by atoms with E-state index in [1.165, 1.54) is 16.9 Å². The lowest BCUT2D eigenvalue weighted by atomic mass is 10.4. The third-order valence-electron chi connectivity index (χ3n) is 3.24. The van der Waals surface area contributed by atoms with Crippen molar-refractivity contribution in [3.05, 3.63) is 11.2 Å². The second-order valence-corrected chi connectivity index (χ2v) is 7.44. The maximum absolute atomic E-state index is 12.6. The monoisotopic (exact) mass is 335 g/mol. The first-order valence-electron chi connectivity index (χ1n) is 6.36. The van der Waals surface area contributed by atoms with E-state index in [0.717, 1.165) is 11.3 Å². The molecule has 0 bridgehead atoms. The van der Waals surface area contributed by atoms with Gasteiger partial charge in [-0.05, 0) is 0 Å². The van der Waals surface area contributed by atoms with E-state index in [4.69, 9.17) is 5.11 Å². The van der Waals surface area contributed by atoms with E-state index < -0.39 is 16.0 Å². The Morgan fingerprint density at radius 3 is 2.67 bits per heavy atom. The summed E-state index contributed by atoms with van der Waals surface area (Å²) in [7, 11) is -2.56. The summed E-state index contributed by atoms with van der Waals surface area (Å²) in [5.41, 5.74) is 1.15. The van der Waals surface area contributed by atoms with E-state index in [1.54, 1.807) is 0 Å². The maximum Gasteiger partial charge on any atom is 0.358 e. The van der Waals surface area contributed by atoms with Crippen LogP contribution in [0.15, 0.2) is 9.72 Å². The van der Waals surface area contributed by atoms with Gasteiger partial charge in [-0.15, -0.1) is 11.3 Å². The van der Waals surface area contributed by atoms with E-state index in [-0.39, 0.29) is 16.5 Å². The van der Waals surface area contributed by atoms with Gasteiger partial charge in [0.1, 0.15) is 0 Å². The number of sulfonamides is 1. The summed E-state index contributed by atoms with van der Waals surface area (Å²) in [6.07, 6.45) is 0. The molecule has 8 nitrogen and oxygen atoms in total. The summed E-state index contributed by atoms with van der Waals surface area (Å²) in [6, 6.07) is 0. The van der Waals surface area contributed by atoms with Crippen LogP contribution in [0.1, 0.15) is 10.5 Å². The second-order valence-electron chi connectivity index (χ2n) is 4.45. The molecule has 0 unspecified atom stereocenters. The first kappa shape index (κ1) is 16.3. The molecule has 0 aliphatic carbocycles. The number of nitrogens with zero attached hydrogens (tertiary/aromatic N) is 3. The van der Waals surface area contributed by atoms with Crippen molar-refractivity contribution >= 4 is 27.3 Å². The van der Waals surface area contributed by atoms with Crippen LogP contribution in [0.5, 0.6) is 0 Å². The summed E-state index contributed by atoms with van der Waals surface area (Å²) >= 11 is 0.910. The van der Waals surface area contributed by atoms with Crippen molar-refractivity contribution < 1.29 is 23.1 Å². The van der Waals surface area contributed by atoms with E-state index in [2.05, 4.69) is 9.72 Å². The van der Waals surface area contributed by atoms with Gasteiger partial charge in [-0.25, -0.2) is 18.2 Å². The SMILES string of the molecule is COC(=O)c1ncsc1S(=O)(=O)N1CCN(CCO)CC1. The molecule has 1 saturated heterocycles. The molecule has 1 aromatic heterocycles. The minimum absolute atomic E-state index is 0.0497. The molecule has 1 N–H and O–H groups in total. The van der Waals surface area contributed by atoms with Gasteiger partial charge in [0.2, 0.25) is 0 Å². The molecule has 118 valence electrons. The average Bonchev–Trinajstić information content (AvgIpc) is 2.97. The Morgan fingerprint density at radius 1 is 1.43 bits per heavy atom. The van der Waals surface area contributed by atoms with Crippen molar-refractivity contribution in [3.8, 4) is 0 Å². The highest BCUT2D eigenvalue weighted by molar-refractivity contribution is 7.91. The zero-order valence-electron chi connectivity index (χ0n) is 11.6. The summed E-state index contributed by atoms with van der Waals surface area (Å²) in [5.74, 6) is -0.756. The molecule has 0 radical (unpaired) electrons. The normalized spacial score (nSPS) is 17.8. The van der Waals surface area contributed by atoms with Crippen molar-refractivity contribution in [3.63, 3.8) is 0 Å². The highest BCUT2D eigenvalue weighted by Gasteiger charge is 2.33. The predicted molar refractivity (Wildman–Crippen MR) is 75.7 cm³/mol. The number of carbonyl (C=O) groups is 1. The fourth-order valence-corrected chi connectivity index (χ4v) is 4.80. The van der Waals surface area contributed by atoms with Crippen molar-refractivity contribution in [2.24, 2.45) is 0 Å². The van der Waals surface area contributed by atoms with E-state index in [9.17, 15) is 13.2 Å². The van der Waals surface area contributed by atoms with E-state index in [1.807, 2.05) is 4.90 Å². The van der Waals surface area contributed by atoms with Crippen LogP contribution in [0, 0.1) is 0 Å². The molecule has 1 aliphatic rings. The standard InChI is InChI=1S/C11H17N3O5S2/c1-19-10(16)9-11(20-8-12-9)21(17,18)14-4-2-13(3-5-14)6-7-15/h8,15H,2-7H2,1H3. The zero-order chi connectivity index (χ0) is 15.5. The molecule has 1 aromatic rings. The molecule has 2 heterocycles. The lowest BCUT2D eigenvalue weighted by molar-refractivity contribution is 0.0590. The number of aliphatic hydroxyl groups excluding tert-OH is 1. The fraction of sp³-hybridized carbons (Fsp3) is 0.636. The molecule has 1 fully saturated rings. The highest BCUT2D eigenvalue weighted by Crippen LogP contribution is 2.25. The van der Waals surface area contributed by atoms with Gasteiger partial charge in [0, 0.05) is 32.7 Å². The van der Waals surface area contributed by atoms with Crippen LogP contribution in [-0.4, -0.2) is 80.1 Å². The molecule has 0 atom stereocenters. The topological polar surface area (TPSA) is 100 Å². The molecular weight excluding hydrogens is 318 g/mol. The number of aliphatic hydroxyl groups is 1. The van der Waals surface area contributed by atoms with Gasteiger partial charge in [-0.3, -0.25) is 4.90 Å². The highest BCUT2D eigenvalue weighted by atomic mass is 32.2. The van der Waals surface area contributed by atoms with Gasteiger partial charge >= 0.3 is 5.97 Å². The first-order chi connectivity index (χ1) is 10.0. The molecule has 1 aliphatic heterocycles. The van der Waals surface area contributed by atoms with Crippen LogP contribution >= 0.6 is 11.3 Å². The van der Waals surface area contributed by atoms with Crippen LogP contribution in [-0.2, 0) is 14.8 Å². The number of thiazole rings is 1. The van der Waals surface area contributed by atoms with Crippen molar-refractivity contribution in [2.75, 3.05) is 46.4 Å². The lowest BCUT2D eigenvalue weighted by Gasteiger charge is -2.33. The van der Waals surface area contributed by atoms with Crippen LogP contribution in [0.3, 0.4) is 0 Å². The number of rotatable bonds is 5. The van der Waals surface area contributed by atoms with Crippen LogP contribution < -0.4 is 0 Å². The summed E-state index contributed by atoms with van der Waals surface area (Å²) in [5, 5.41) is 8.89. The van der Waals surface area contributed by atoms with Gasteiger partial charge in [-0.2, -0.15) is 4.31 Å². The number of hydrogen-bond acceptors (Lipinski definition) is 8.